The van der Waals surface area contributed by atoms with E-state index >= 15 is 0 Å². The van der Waals surface area contributed by atoms with Crippen molar-refractivity contribution in [3.05, 3.63) is 50.1 Å². The van der Waals surface area contributed by atoms with E-state index in [1.54, 1.807) is 0 Å². The Kier molecular flexibility index (Phi) is 3.61. The molecule has 0 fully saturated rings. The van der Waals surface area contributed by atoms with Crippen LogP contribution >= 0.6 is 0 Å². The van der Waals surface area contributed by atoms with E-state index in [0.29, 0.717) is 0 Å². The third-order valence-electron chi connectivity index (χ3n) is 2.56. The number of nitro benzene ring substituents is 1. The second kappa shape index (κ2) is 5.36. The first-order valence-electron chi connectivity index (χ1n) is 5.43. The quantitative estimate of drug-likeness (QED) is 0.473. The van der Waals surface area contributed by atoms with E-state index in [9.17, 15) is 25.0 Å². The Morgan fingerprint density at radius 3 is 2.57 bits per heavy atom. The molecule has 108 valence electrons. The van der Waals surface area contributed by atoms with Gasteiger partial charge in [-0.25, -0.2) is 4.79 Å². The van der Waals surface area contributed by atoms with Crippen LogP contribution in [0.5, 0.6) is 0 Å². The molecule has 0 saturated heterocycles. The molecule has 10 nitrogen and oxygen atoms in total. The van der Waals surface area contributed by atoms with Crippen LogP contribution in [0.2, 0.25) is 0 Å². The fourth-order valence-corrected chi connectivity index (χ4v) is 1.65. The first-order valence-corrected chi connectivity index (χ1v) is 5.43. The molecule has 0 N–H and O–H groups in total. The molecule has 21 heavy (non-hydrogen) atoms. The molecule has 0 unspecified atom stereocenters. The minimum Gasteiger partial charge on any atom is -0.465 e. The van der Waals surface area contributed by atoms with Gasteiger partial charge in [-0.2, -0.15) is 0 Å². The third kappa shape index (κ3) is 2.54. The number of hydrogen-bond donors (Lipinski definition) is 0. The van der Waals surface area contributed by atoms with E-state index in [2.05, 4.69) is 9.89 Å². The summed E-state index contributed by atoms with van der Waals surface area (Å²) in [6.07, 6.45) is 0. The summed E-state index contributed by atoms with van der Waals surface area (Å²) < 4.78 is 9.23. The lowest BCUT2D eigenvalue weighted by atomic mass is 10.1. The van der Waals surface area contributed by atoms with E-state index in [1.165, 1.54) is 18.2 Å². The van der Waals surface area contributed by atoms with Crippen LogP contribution in [0.1, 0.15) is 10.4 Å². The van der Waals surface area contributed by atoms with Crippen LogP contribution in [0.15, 0.2) is 28.8 Å². The highest BCUT2D eigenvalue weighted by atomic mass is 16.6. The number of methoxy groups -OCH3 is 1. The zero-order chi connectivity index (χ0) is 15.6. The van der Waals surface area contributed by atoms with Crippen LogP contribution in [0.3, 0.4) is 0 Å². The molecule has 2 aromatic rings. The van der Waals surface area contributed by atoms with Crippen molar-refractivity contribution < 1.29 is 23.9 Å². The van der Waals surface area contributed by atoms with Gasteiger partial charge in [0.15, 0.2) is 5.16 Å². The summed E-state index contributed by atoms with van der Waals surface area (Å²) >= 11 is 0. The Morgan fingerprint density at radius 1 is 1.29 bits per heavy atom. The summed E-state index contributed by atoms with van der Waals surface area (Å²) in [7, 11) is 1.04. The van der Waals surface area contributed by atoms with Gasteiger partial charge in [0.2, 0.25) is 11.3 Å². The van der Waals surface area contributed by atoms with Gasteiger partial charge in [-0.15, -0.1) is 0 Å². The highest BCUT2D eigenvalue weighted by Crippen LogP contribution is 2.32. The largest absolute Gasteiger partial charge is 0.465 e. The molecule has 1 aromatic heterocycles. The molecule has 1 heterocycles. The summed E-state index contributed by atoms with van der Waals surface area (Å²) in [6, 6.07) is 5.08. The lowest BCUT2D eigenvalue weighted by Crippen LogP contribution is -2.05. The maximum Gasteiger partial charge on any atom is 0.428 e. The van der Waals surface area contributed by atoms with Crippen molar-refractivity contribution in [1.82, 2.24) is 5.16 Å². The van der Waals surface area contributed by atoms with Gasteiger partial charge in [0, 0.05) is 17.7 Å². The summed E-state index contributed by atoms with van der Waals surface area (Å²) in [5.74, 6) is -2.11. The monoisotopic (exact) mass is 293 g/mol. The Bertz CT molecular complexity index is 737. The van der Waals surface area contributed by atoms with E-state index in [1.807, 2.05) is 0 Å². The normalized spacial score (nSPS) is 10.1. The summed E-state index contributed by atoms with van der Waals surface area (Å²) in [5.41, 5.74) is -0.657. The molecule has 0 aliphatic carbocycles. The minimum absolute atomic E-state index is 0.102. The fraction of sp³-hybridized carbons (Fsp3) is 0.0909. The van der Waals surface area contributed by atoms with Crippen molar-refractivity contribution in [3.8, 4) is 11.3 Å². The molecule has 0 atom stereocenters. The first kappa shape index (κ1) is 14.1. The number of esters is 1. The van der Waals surface area contributed by atoms with Crippen molar-refractivity contribution >= 4 is 17.5 Å². The average molecular weight is 293 g/mol. The van der Waals surface area contributed by atoms with Crippen molar-refractivity contribution in [2.24, 2.45) is 0 Å². The maximum atomic E-state index is 11.7. The lowest BCUT2D eigenvalue weighted by molar-refractivity contribution is -0.391. The third-order valence-corrected chi connectivity index (χ3v) is 2.56. The summed E-state index contributed by atoms with van der Waals surface area (Å²) in [5, 5.41) is 24.8. The van der Waals surface area contributed by atoms with E-state index in [4.69, 9.17) is 4.52 Å². The zero-order valence-corrected chi connectivity index (χ0v) is 10.5. The predicted molar refractivity (Wildman–Crippen MR) is 66.6 cm³/mol. The Morgan fingerprint density at radius 2 is 2.00 bits per heavy atom. The maximum absolute atomic E-state index is 11.7. The summed E-state index contributed by atoms with van der Waals surface area (Å²) in [6.45, 7) is 0. The van der Waals surface area contributed by atoms with Crippen molar-refractivity contribution in [1.29, 1.82) is 0 Å². The molecule has 0 bridgehead atoms. The van der Waals surface area contributed by atoms with Crippen LogP contribution in [-0.4, -0.2) is 28.1 Å². The smallest absolute Gasteiger partial charge is 0.428 e. The number of rotatable bonds is 4. The molecular formula is C11H7N3O7. The van der Waals surface area contributed by atoms with Crippen LogP contribution in [0, 0.1) is 20.2 Å². The Labute approximate surface area is 116 Å². The van der Waals surface area contributed by atoms with Crippen molar-refractivity contribution in [2.75, 3.05) is 7.11 Å². The van der Waals surface area contributed by atoms with Gasteiger partial charge < -0.3 is 14.9 Å². The molecule has 0 saturated carbocycles. The first-order chi connectivity index (χ1) is 9.95. The second-order valence-electron chi connectivity index (χ2n) is 3.77. The van der Waals surface area contributed by atoms with Crippen LogP contribution < -0.4 is 0 Å². The number of aromatic nitrogens is 1. The van der Waals surface area contributed by atoms with Crippen LogP contribution in [-0.2, 0) is 4.74 Å². The van der Waals surface area contributed by atoms with Gasteiger partial charge in [0.05, 0.1) is 12.0 Å². The highest BCUT2D eigenvalue weighted by molar-refractivity contribution is 5.99. The average Bonchev–Trinajstić information content (AvgIpc) is 2.91. The number of carbonyl (C=O) groups excluding carboxylic acids is 1. The fourth-order valence-electron chi connectivity index (χ4n) is 1.65. The van der Waals surface area contributed by atoms with Gasteiger partial charge in [-0.1, -0.05) is 12.1 Å². The molecule has 0 aliphatic heterocycles. The number of ether oxygens (including phenoxy) is 1. The Hall–Kier alpha value is -3.30. The number of hydrogen-bond acceptors (Lipinski definition) is 8. The van der Waals surface area contributed by atoms with E-state index < -0.39 is 27.2 Å². The predicted octanol–water partition coefficient (Wildman–Crippen LogP) is 1.94. The molecule has 1 aromatic carbocycles. The number of nitrogens with zero attached hydrogens (tertiary/aromatic N) is 3. The van der Waals surface area contributed by atoms with E-state index in [-0.39, 0.29) is 17.0 Å². The second-order valence-corrected chi connectivity index (χ2v) is 3.77. The van der Waals surface area contributed by atoms with Gasteiger partial charge in [-0.05, 0) is 4.92 Å². The number of nitro groups is 2. The molecular weight excluding hydrogens is 286 g/mol. The molecule has 0 radical (unpaired) electrons. The lowest BCUT2D eigenvalue weighted by Gasteiger charge is -1.99. The SMILES string of the molecule is COC(=O)c1c([N+](=O)[O-])noc1-c1cccc([N+](=O)[O-])c1. The van der Waals surface area contributed by atoms with Gasteiger partial charge >= 0.3 is 11.8 Å². The molecule has 2 rings (SSSR count). The Balaban J connectivity index is 2.64. The van der Waals surface area contributed by atoms with E-state index in [0.717, 1.165) is 13.2 Å². The standard InChI is InChI=1S/C11H7N3O7/c1-20-11(15)8-9(21-12-10(8)14(18)19)6-3-2-4-7(5-6)13(16)17/h2-5H,1H3. The minimum atomic E-state index is -1.02. The van der Waals surface area contributed by atoms with Crippen molar-refractivity contribution in [3.63, 3.8) is 0 Å². The van der Waals surface area contributed by atoms with Crippen LogP contribution in [0.25, 0.3) is 11.3 Å². The van der Waals surface area contributed by atoms with Gasteiger partial charge in [0.1, 0.15) is 0 Å². The highest BCUT2D eigenvalue weighted by Gasteiger charge is 2.34. The van der Waals surface area contributed by atoms with Gasteiger partial charge in [0.25, 0.3) is 5.69 Å². The molecule has 10 heteroatoms. The van der Waals surface area contributed by atoms with Gasteiger partial charge in [-0.3, -0.25) is 14.6 Å². The number of carbonyl (C=O) groups is 1. The molecule has 0 amide bonds. The topological polar surface area (TPSA) is 139 Å². The van der Waals surface area contributed by atoms with Crippen molar-refractivity contribution in [2.45, 2.75) is 0 Å². The zero-order valence-electron chi connectivity index (χ0n) is 10.5. The molecule has 0 spiro atoms. The van der Waals surface area contributed by atoms with Crippen LogP contribution in [0.4, 0.5) is 11.5 Å². The molecule has 0 aliphatic rings. The number of non-ortho nitro benzene ring substituents is 1. The summed E-state index contributed by atoms with van der Waals surface area (Å²) in [4.78, 5) is 31.7. The number of benzene rings is 1.